The van der Waals surface area contributed by atoms with Crippen molar-refractivity contribution in [3.05, 3.63) is 11.3 Å². The van der Waals surface area contributed by atoms with Crippen LogP contribution >= 0.6 is 7.60 Å². The molecule has 0 aromatic rings. The predicted octanol–water partition coefficient (Wildman–Crippen LogP) is -1.16. The molecule has 0 amide bonds. The van der Waals surface area contributed by atoms with Gasteiger partial charge >= 0.3 is 37.2 Å². The van der Waals surface area contributed by atoms with Crippen LogP contribution in [0.4, 0.5) is 0 Å². The van der Waals surface area contributed by atoms with Gasteiger partial charge in [0.2, 0.25) is 0 Å². The average molecular weight is 260 g/mol. The summed E-state index contributed by atoms with van der Waals surface area (Å²) in [4.78, 5) is 0. The van der Waals surface area contributed by atoms with Gasteiger partial charge in [-0.3, -0.25) is 4.57 Å². The van der Waals surface area contributed by atoms with Gasteiger partial charge in [-0.25, -0.2) is 0 Å². The van der Waals surface area contributed by atoms with Crippen LogP contribution in [0.15, 0.2) is 11.3 Å². The maximum atomic E-state index is 12.0. The SMILES string of the molecule is CCO/C([O-])=C(\C)P(=O)(OCC)OCC.[Na+]. The normalized spacial score (nSPS) is 12.8. The molecule has 0 aromatic heterocycles. The van der Waals surface area contributed by atoms with Crippen molar-refractivity contribution in [1.29, 1.82) is 0 Å². The monoisotopic (exact) mass is 260 g/mol. The van der Waals surface area contributed by atoms with Gasteiger partial charge in [-0.1, -0.05) is 6.92 Å². The molecular formula is C9H18NaO5P. The number of hydrogen-bond acceptors (Lipinski definition) is 5. The Bertz CT molecular complexity index is 257. The zero-order valence-electron chi connectivity index (χ0n) is 10.6. The second-order valence-corrected chi connectivity index (χ2v) is 4.82. The summed E-state index contributed by atoms with van der Waals surface area (Å²) in [5, 5.41) is 11.3. The van der Waals surface area contributed by atoms with Crippen LogP contribution < -0.4 is 34.7 Å². The van der Waals surface area contributed by atoms with Gasteiger partial charge in [0, 0.05) is 0 Å². The van der Waals surface area contributed by atoms with E-state index >= 15 is 0 Å². The van der Waals surface area contributed by atoms with Crippen LogP contribution in [-0.4, -0.2) is 19.8 Å². The van der Waals surface area contributed by atoms with Crippen LogP contribution in [-0.2, 0) is 18.3 Å². The minimum absolute atomic E-state index is 0. The van der Waals surface area contributed by atoms with E-state index < -0.39 is 13.5 Å². The largest absolute Gasteiger partial charge is 1.00 e. The van der Waals surface area contributed by atoms with Crippen molar-refractivity contribution in [3.63, 3.8) is 0 Å². The third-order valence-corrected chi connectivity index (χ3v) is 3.78. The van der Waals surface area contributed by atoms with Gasteiger partial charge < -0.3 is 18.9 Å². The Kier molecular flexibility index (Phi) is 11.2. The van der Waals surface area contributed by atoms with Crippen molar-refractivity contribution in [2.75, 3.05) is 19.8 Å². The Balaban J connectivity index is 0. The molecule has 90 valence electrons. The first-order valence-electron chi connectivity index (χ1n) is 4.92. The summed E-state index contributed by atoms with van der Waals surface area (Å²) < 4.78 is 26.8. The van der Waals surface area contributed by atoms with Gasteiger partial charge in [0.25, 0.3) is 0 Å². The summed E-state index contributed by atoms with van der Waals surface area (Å²) in [5.74, 6) is -0.636. The first-order valence-corrected chi connectivity index (χ1v) is 6.46. The first kappa shape index (κ1) is 18.8. The molecular weight excluding hydrogens is 242 g/mol. The minimum Gasteiger partial charge on any atom is -0.613 e. The van der Waals surface area contributed by atoms with Gasteiger partial charge in [-0.15, -0.1) is 0 Å². The first-order chi connectivity index (χ1) is 7.01. The van der Waals surface area contributed by atoms with Gasteiger partial charge in [-0.2, -0.15) is 0 Å². The number of rotatable bonds is 7. The molecule has 0 unspecified atom stereocenters. The summed E-state index contributed by atoms with van der Waals surface area (Å²) in [6.45, 7) is 7.12. The molecule has 0 saturated carbocycles. The molecule has 0 aliphatic rings. The molecule has 0 N–H and O–H groups in total. The fourth-order valence-electron chi connectivity index (χ4n) is 0.918. The topological polar surface area (TPSA) is 67.8 Å². The standard InChI is InChI=1S/C9H19O5P.Na/c1-5-12-9(10)8(4)15(11,13-6-2)14-7-3;/h10H,5-7H2,1-4H3;/q;+1/p-1/b9-8+;. The molecule has 16 heavy (non-hydrogen) atoms. The number of ether oxygens (including phenoxy) is 1. The summed E-state index contributed by atoms with van der Waals surface area (Å²) in [5.41, 5.74) is 0. The molecule has 7 heteroatoms. The van der Waals surface area contributed by atoms with Crippen molar-refractivity contribution >= 4 is 7.60 Å². The quantitative estimate of drug-likeness (QED) is 0.328. The minimum atomic E-state index is -3.45. The molecule has 0 radical (unpaired) electrons. The van der Waals surface area contributed by atoms with E-state index in [0.29, 0.717) is 0 Å². The van der Waals surface area contributed by atoms with Gasteiger partial charge in [0.05, 0.1) is 24.5 Å². The predicted molar refractivity (Wildman–Crippen MR) is 55.2 cm³/mol. The zero-order valence-corrected chi connectivity index (χ0v) is 13.5. The van der Waals surface area contributed by atoms with Crippen molar-refractivity contribution < 1.29 is 53.0 Å². The molecule has 0 bridgehead atoms. The zero-order chi connectivity index (χ0) is 11.9. The Labute approximate surface area is 119 Å². The van der Waals surface area contributed by atoms with E-state index in [1.54, 1.807) is 20.8 Å². The van der Waals surface area contributed by atoms with E-state index in [1.807, 2.05) is 0 Å². The van der Waals surface area contributed by atoms with E-state index in [-0.39, 0.29) is 54.7 Å². The Morgan fingerprint density at radius 2 is 1.56 bits per heavy atom. The van der Waals surface area contributed by atoms with Crippen LogP contribution in [0.25, 0.3) is 0 Å². The smallest absolute Gasteiger partial charge is 0.613 e. The average Bonchev–Trinajstić information content (AvgIpc) is 2.17. The van der Waals surface area contributed by atoms with E-state index in [9.17, 15) is 9.67 Å². The Hall–Kier alpha value is 0.490. The maximum Gasteiger partial charge on any atom is 1.00 e. The van der Waals surface area contributed by atoms with E-state index in [4.69, 9.17) is 13.8 Å². The summed E-state index contributed by atoms with van der Waals surface area (Å²) >= 11 is 0. The molecule has 0 aliphatic carbocycles. The van der Waals surface area contributed by atoms with E-state index in [0.717, 1.165) is 0 Å². The van der Waals surface area contributed by atoms with Crippen LogP contribution in [0, 0.1) is 0 Å². The van der Waals surface area contributed by atoms with Crippen molar-refractivity contribution in [1.82, 2.24) is 0 Å². The van der Waals surface area contributed by atoms with Crippen molar-refractivity contribution in [2.24, 2.45) is 0 Å². The Morgan fingerprint density at radius 1 is 1.12 bits per heavy atom. The molecule has 0 fully saturated rings. The molecule has 0 aliphatic heterocycles. The maximum absolute atomic E-state index is 12.0. The fraction of sp³-hybridized carbons (Fsp3) is 0.778. The molecule has 0 heterocycles. The van der Waals surface area contributed by atoms with E-state index in [1.165, 1.54) is 6.92 Å². The fourth-order valence-corrected chi connectivity index (χ4v) is 2.35. The molecule has 0 saturated heterocycles. The molecule has 0 atom stereocenters. The molecule has 0 rings (SSSR count). The third kappa shape index (κ3) is 5.71. The second kappa shape index (κ2) is 9.51. The van der Waals surface area contributed by atoms with Crippen LogP contribution in [0.3, 0.4) is 0 Å². The summed E-state index contributed by atoms with van der Waals surface area (Å²) in [7, 11) is -3.45. The Morgan fingerprint density at radius 3 is 1.88 bits per heavy atom. The van der Waals surface area contributed by atoms with Crippen LogP contribution in [0.5, 0.6) is 0 Å². The second-order valence-electron chi connectivity index (χ2n) is 2.64. The summed E-state index contributed by atoms with van der Waals surface area (Å²) in [6.07, 6.45) is 0. The van der Waals surface area contributed by atoms with E-state index in [2.05, 4.69) is 0 Å². The van der Waals surface area contributed by atoms with Gasteiger partial charge in [0.1, 0.15) is 0 Å². The molecule has 0 spiro atoms. The van der Waals surface area contributed by atoms with Gasteiger partial charge in [-0.05, 0) is 27.4 Å². The number of allylic oxidation sites excluding steroid dienone is 1. The summed E-state index contributed by atoms with van der Waals surface area (Å²) in [6, 6.07) is 0. The van der Waals surface area contributed by atoms with Gasteiger partial charge in [0.15, 0.2) is 0 Å². The van der Waals surface area contributed by atoms with Crippen LogP contribution in [0.2, 0.25) is 0 Å². The van der Waals surface area contributed by atoms with Crippen LogP contribution in [0.1, 0.15) is 27.7 Å². The third-order valence-electron chi connectivity index (χ3n) is 1.58. The molecule has 0 aromatic carbocycles. The number of hydrogen-bond donors (Lipinski definition) is 0. The molecule has 5 nitrogen and oxygen atoms in total. The van der Waals surface area contributed by atoms with Crippen molar-refractivity contribution in [3.8, 4) is 0 Å². The van der Waals surface area contributed by atoms with Crippen molar-refractivity contribution in [2.45, 2.75) is 27.7 Å².